The Kier molecular flexibility index (Phi) is 8.69. The summed E-state index contributed by atoms with van der Waals surface area (Å²) < 4.78 is 59.1. The van der Waals surface area contributed by atoms with Gasteiger partial charge in [-0.1, -0.05) is 45.0 Å². The zero-order chi connectivity index (χ0) is 20.6. The first-order valence-corrected chi connectivity index (χ1v) is 11.4. The molecular formula is C21H27F3O3Si. The summed E-state index contributed by atoms with van der Waals surface area (Å²) >= 11 is 0. The molecule has 0 saturated heterocycles. The standard InChI is InChI=1S/C21H27F3O3Si/c1-4-11-25-28(26-12-5-2,27-13-6-3)17-9-7-16(8-10-17)18-14-20(23)21(24)15-19(18)22/h7-10,14-15H,4-6,11-13H2,1-3H3. The molecule has 0 amide bonds. The summed E-state index contributed by atoms with van der Waals surface area (Å²) in [4.78, 5) is 0. The van der Waals surface area contributed by atoms with Gasteiger partial charge in [0.15, 0.2) is 11.6 Å². The molecule has 0 saturated carbocycles. The van der Waals surface area contributed by atoms with Crippen molar-refractivity contribution in [1.29, 1.82) is 0 Å². The fraction of sp³-hybridized carbons (Fsp3) is 0.429. The highest BCUT2D eigenvalue weighted by atomic mass is 28.4. The second-order valence-corrected chi connectivity index (χ2v) is 8.98. The Bertz CT molecular complexity index is 732. The molecule has 0 aliphatic heterocycles. The fourth-order valence-corrected chi connectivity index (χ4v) is 5.43. The van der Waals surface area contributed by atoms with Gasteiger partial charge in [-0.2, -0.15) is 0 Å². The van der Waals surface area contributed by atoms with Crippen LogP contribution in [-0.4, -0.2) is 28.6 Å². The highest BCUT2D eigenvalue weighted by Gasteiger charge is 2.43. The van der Waals surface area contributed by atoms with Crippen molar-refractivity contribution in [3.8, 4) is 11.1 Å². The molecule has 0 spiro atoms. The van der Waals surface area contributed by atoms with Crippen molar-refractivity contribution in [2.75, 3.05) is 19.8 Å². The third-order valence-corrected chi connectivity index (χ3v) is 6.84. The van der Waals surface area contributed by atoms with E-state index in [1.807, 2.05) is 20.8 Å². The number of rotatable bonds is 11. The van der Waals surface area contributed by atoms with E-state index < -0.39 is 26.3 Å². The fourth-order valence-electron chi connectivity index (χ4n) is 2.68. The van der Waals surface area contributed by atoms with E-state index in [1.165, 1.54) is 0 Å². The van der Waals surface area contributed by atoms with Gasteiger partial charge in [0.25, 0.3) is 0 Å². The first-order chi connectivity index (χ1) is 13.5. The Morgan fingerprint density at radius 3 is 1.61 bits per heavy atom. The molecule has 0 aliphatic rings. The van der Waals surface area contributed by atoms with Crippen molar-refractivity contribution < 1.29 is 26.4 Å². The van der Waals surface area contributed by atoms with Gasteiger partial charge in [0, 0.05) is 36.6 Å². The molecule has 0 radical (unpaired) electrons. The Balaban J connectivity index is 2.40. The molecule has 2 rings (SSSR count). The maximum Gasteiger partial charge on any atom is 0.537 e. The van der Waals surface area contributed by atoms with Crippen molar-refractivity contribution in [2.45, 2.75) is 40.0 Å². The number of hydrogen-bond acceptors (Lipinski definition) is 3. The second-order valence-electron chi connectivity index (χ2n) is 6.43. The van der Waals surface area contributed by atoms with Gasteiger partial charge < -0.3 is 13.3 Å². The van der Waals surface area contributed by atoms with Crippen LogP contribution in [-0.2, 0) is 13.3 Å². The van der Waals surface area contributed by atoms with Gasteiger partial charge in [-0.15, -0.1) is 0 Å². The summed E-state index contributed by atoms with van der Waals surface area (Å²) in [5.41, 5.74) is 0.431. The SMILES string of the molecule is CCCO[Si](OCCC)(OCCC)c1ccc(-c2cc(F)c(F)cc2F)cc1. The van der Waals surface area contributed by atoms with Crippen LogP contribution in [0.5, 0.6) is 0 Å². The Morgan fingerprint density at radius 1 is 0.679 bits per heavy atom. The summed E-state index contributed by atoms with van der Waals surface area (Å²) in [5.74, 6) is -3.12. The highest BCUT2D eigenvalue weighted by molar-refractivity contribution is 6.75. The van der Waals surface area contributed by atoms with Crippen LogP contribution >= 0.6 is 0 Å². The number of hydrogen-bond donors (Lipinski definition) is 0. The van der Waals surface area contributed by atoms with Gasteiger partial charge in [0.2, 0.25) is 0 Å². The maximum absolute atomic E-state index is 14.1. The normalized spacial score (nSPS) is 11.8. The molecule has 28 heavy (non-hydrogen) atoms. The van der Waals surface area contributed by atoms with Gasteiger partial charge in [-0.3, -0.25) is 0 Å². The molecule has 0 heterocycles. The van der Waals surface area contributed by atoms with Crippen LogP contribution in [0.2, 0.25) is 0 Å². The lowest BCUT2D eigenvalue weighted by Gasteiger charge is -2.30. The maximum atomic E-state index is 14.1. The number of halogens is 3. The molecule has 0 unspecified atom stereocenters. The molecule has 0 atom stereocenters. The molecule has 7 heteroatoms. The smallest absolute Gasteiger partial charge is 0.370 e. The average molecular weight is 413 g/mol. The number of benzene rings is 2. The molecular weight excluding hydrogens is 385 g/mol. The van der Waals surface area contributed by atoms with Gasteiger partial charge in [0.05, 0.1) is 0 Å². The van der Waals surface area contributed by atoms with E-state index in [2.05, 4.69) is 0 Å². The van der Waals surface area contributed by atoms with Crippen LogP contribution < -0.4 is 5.19 Å². The van der Waals surface area contributed by atoms with Crippen molar-refractivity contribution in [3.05, 3.63) is 53.8 Å². The van der Waals surface area contributed by atoms with Crippen LogP contribution in [0.4, 0.5) is 13.2 Å². The molecule has 2 aromatic carbocycles. The topological polar surface area (TPSA) is 27.7 Å². The largest absolute Gasteiger partial charge is 0.537 e. The molecule has 2 aromatic rings. The van der Waals surface area contributed by atoms with E-state index in [-0.39, 0.29) is 5.56 Å². The summed E-state index contributed by atoms with van der Waals surface area (Å²) in [6, 6.07) is 8.21. The van der Waals surface area contributed by atoms with Gasteiger partial charge >= 0.3 is 8.80 Å². The lowest BCUT2D eigenvalue weighted by molar-refractivity contribution is 0.0732. The van der Waals surface area contributed by atoms with Crippen LogP contribution in [0.15, 0.2) is 36.4 Å². The van der Waals surface area contributed by atoms with E-state index in [1.54, 1.807) is 24.3 Å². The van der Waals surface area contributed by atoms with E-state index in [0.717, 1.165) is 30.5 Å². The third kappa shape index (κ3) is 5.44. The minimum Gasteiger partial charge on any atom is -0.370 e. The quantitative estimate of drug-likeness (QED) is 0.375. The summed E-state index contributed by atoms with van der Waals surface area (Å²) in [5, 5.41) is 0.759. The van der Waals surface area contributed by atoms with Crippen LogP contribution in [0.25, 0.3) is 11.1 Å². The molecule has 3 nitrogen and oxygen atoms in total. The Morgan fingerprint density at radius 2 is 1.14 bits per heavy atom. The minimum absolute atomic E-state index is 0.00357. The monoisotopic (exact) mass is 412 g/mol. The zero-order valence-electron chi connectivity index (χ0n) is 16.6. The molecule has 154 valence electrons. The Hall–Kier alpha value is -1.67. The highest BCUT2D eigenvalue weighted by Crippen LogP contribution is 2.25. The van der Waals surface area contributed by atoms with E-state index in [0.29, 0.717) is 31.5 Å². The van der Waals surface area contributed by atoms with E-state index in [4.69, 9.17) is 13.3 Å². The minimum atomic E-state index is -3.12. The molecule has 0 aliphatic carbocycles. The summed E-state index contributed by atoms with van der Waals surface area (Å²) in [6.45, 7) is 7.52. The third-order valence-electron chi connectivity index (χ3n) is 4.05. The van der Waals surface area contributed by atoms with E-state index in [9.17, 15) is 13.2 Å². The first kappa shape index (κ1) is 22.6. The molecule has 0 aromatic heterocycles. The van der Waals surface area contributed by atoms with Crippen molar-refractivity contribution >= 4 is 14.0 Å². The average Bonchev–Trinajstić information content (AvgIpc) is 2.71. The zero-order valence-corrected chi connectivity index (χ0v) is 17.6. The predicted octanol–water partition coefficient (Wildman–Crippen LogP) is 5.20. The summed E-state index contributed by atoms with van der Waals surface area (Å²) in [7, 11) is -3.12. The van der Waals surface area contributed by atoms with Crippen LogP contribution in [0.1, 0.15) is 40.0 Å². The first-order valence-electron chi connectivity index (χ1n) is 9.64. The van der Waals surface area contributed by atoms with Crippen molar-refractivity contribution in [3.63, 3.8) is 0 Å². The Labute approximate surface area is 165 Å². The van der Waals surface area contributed by atoms with Crippen molar-refractivity contribution in [2.24, 2.45) is 0 Å². The predicted molar refractivity (Wildman–Crippen MR) is 106 cm³/mol. The molecule has 0 bridgehead atoms. The van der Waals surface area contributed by atoms with Gasteiger partial charge in [-0.25, -0.2) is 13.2 Å². The summed E-state index contributed by atoms with van der Waals surface area (Å²) in [6.07, 6.45) is 2.45. The van der Waals surface area contributed by atoms with Gasteiger partial charge in [0.1, 0.15) is 5.82 Å². The van der Waals surface area contributed by atoms with E-state index >= 15 is 0 Å². The van der Waals surface area contributed by atoms with Crippen LogP contribution in [0, 0.1) is 17.5 Å². The molecule has 0 N–H and O–H groups in total. The van der Waals surface area contributed by atoms with Gasteiger partial charge in [-0.05, 0) is 30.9 Å². The van der Waals surface area contributed by atoms with Crippen LogP contribution in [0.3, 0.4) is 0 Å². The van der Waals surface area contributed by atoms with Crippen molar-refractivity contribution in [1.82, 2.24) is 0 Å². The molecule has 0 fully saturated rings. The lowest BCUT2D eigenvalue weighted by atomic mass is 10.1. The second kappa shape index (κ2) is 10.8. The lowest BCUT2D eigenvalue weighted by Crippen LogP contribution is -2.57.